The number of rotatable bonds is 3. The van der Waals surface area contributed by atoms with E-state index in [1.807, 2.05) is 0 Å². The van der Waals surface area contributed by atoms with Crippen molar-refractivity contribution < 1.29 is 18.7 Å². The van der Waals surface area contributed by atoms with Gasteiger partial charge in [-0.2, -0.15) is 5.10 Å². The normalized spacial score (nSPS) is 15.8. The van der Waals surface area contributed by atoms with Crippen LogP contribution in [0.15, 0.2) is 50.7 Å². The summed E-state index contributed by atoms with van der Waals surface area (Å²) in [7, 11) is 0. The summed E-state index contributed by atoms with van der Waals surface area (Å²) >= 11 is 0. The molecule has 1 aliphatic rings. The molecule has 0 aliphatic carbocycles. The number of halogens is 1. The maximum Gasteiger partial charge on any atom is 0.348 e. The molecule has 8 nitrogen and oxygen atoms in total. The van der Waals surface area contributed by atoms with Crippen LogP contribution in [0, 0.1) is 12.7 Å². The minimum absolute atomic E-state index is 0.0505. The van der Waals surface area contributed by atoms with E-state index in [0.717, 1.165) is 0 Å². The summed E-state index contributed by atoms with van der Waals surface area (Å²) in [6, 6.07) is 6.62. The van der Waals surface area contributed by atoms with E-state index in [0.29, 0.717) is 5.56 Å². The monoisotopic (exact) mass is 382 g/mol. The highest BCUT2D eigenvalue weighted by Crippen LogP contribution is 2.36. The number of benzene rings is 1. The third kappa shape index (κ3) is 2.86. The zero-order valence-electron chi connectivity index (χ0n) is 14.7. The number of carbonyl (C=O) groups excluding carboxylic acids is 1. The molecule has 1 aromatic carbocycles. The van der Waals surface area contributed by atoms with Gasteiger partial charge in [0.15, 0.2) is 5.82 Å². The fourth-order valence-electron chi connectivity index (χ4n) is 3.30. The van der Waals surface area contributed by atoms with E-state index in [2.05, 4.69) is 10.1 Å². The van der Waals surface area contributed by atoms with Crippen molar-refractivity contribution in [3.05, 3.63) is 75.2 Å². The first-order chi connectivity index (χ1) is 13.3. The second kappa shape index (κ2) is 6.45. The molecule has 1 amide bonds. The van der Waals surface area contributed by atoms with Gasteiger partial charge in [-0.1, -0.05) is 12.1 Å². The van der Waals surface area contributed by atoms with Crippen LogP contribution in [0.3, 0.4) is 0 Å². The highest BCUT2D eigenvalue weighted by Gasteiger charge is 2.31. The van der Waals surface area contributed by atoms with Crippen molar-refractivity contribution in [2.75, 3.05) is 0 Å². The van der Waals surface area contributed by atoms with Crippen LogP contribution in [-0.4, -0.2) is 26.5 Å². The quantitative estimate of drug-likeness (QED) is 0.719. The van der Waals surface area contributed by atoms with Crippen LogP contribution >= 0.6 is 0 Å². The van der Waals surface area contributed by atoms with E-state index in [4.69, 9.17) is 10.2 Å². The molecule has 142 valence electrons. The van der Waals surface area contributed by atoms with Crippen molar-refractivity contribution in [1.29, 1.82) is 0 Å². The molecule has 3 N–H and O–H groups in total. The lowest BCUT2D eigenvalue weighted by Gasteiger charge is -2.25. The van der Waals surface area contributed by atoms with E-state index in [1.165, 1.54) is 36.0 Å². The van der Waals surface area contributed by atoms with Gasteiger partial charge in [0.2, 0.25) is 0 Å². The highest BCUT2D eigenvalue weighted by molar-refractivity contribution is 6.06. The van der Waals surface area contributed by atoms with Crippen molar-refractivity contribution in [1.82, 2.24) is 9.78 Å². The minimum atomic E-state index is -0.761. The highest BCUT2D eigenvalue weighted by atomic mass is 19.1. The number of aliphatic imine (C=N–C) groups is 1. The topological polar surface area (TPSA) is 124 Å². The van der Waals surface area contributed by atoms with Gasteiger partial charge >= 0.3 is 5.63 Å². The van der Waals surface area contributed by atoms with Crippen LogP contribution in [0.2, 0.25) is 0 Å². The van der Waals surface area contributed by atoms with Crippen molar-refractivity contribution in [3.8, 4) is 5.75 Å². The Hall–Kier alpha value is -3.75. The summed E-state index contributed by atoms with van der Waals surface area (Å²) in [5.41, 5.74) is 5.33. The van der Waals surface area contributed by atoms with Gasteiger partial charge in [-0.25, -0.2) is 18.9 Å². The third-order valence-corrected chi connectivity index (χ3v) is 4.53. The first-order valence-corrected chi connectivity index (χ1v) is 8.39. The molecule has 0 bridgehead atoms. The van der Waals surface area contributed by atoms with Gasteiger partial charge in [0.25, 0.3) is 5.91 Å². The van der Waals surface area contributed by atoms with E-state index in [1.54, 1.807) is 12.1 Å². The summed E-state index contributed by atoms with van der Waals surface area (Å²) in [4.78, 5) is 28.5. The molecule has 2 aromatic heterocycles. The van der Waals surface area contributed by atoms with Crippen LogP contribution in [0.1, 0.15) is 39.7 Å². The molecule has 0 saturated heterocycles. The summed E-state index contributed by atoms with van der Waals surface area (Å²) in [6.07, 6.45) is 1.39. The second-order valence-corrected chi connectivity index (χ2v) is 6.43. The molecule has 0 spiro atoms. The lowest BCUT2D eigenvalue weighted by atomic mass is 9.96. The maximum absolute atomic E-state index is 13.8. The molecule has 28 heavy (non-hydrogen) atoms. The molecule has 0 radical (unpaired) electrons. The number of aromatic hydroxyl groups is 1. The number of hydrogen-bond donors (Lipinski definition) is 2. The van der Waals surface area contributed by atoms with Gasteiger partial charge in [0.1, 0.15) is 28.5 Å². The fraction of sp³-hybridized carbons (Fsp3) is 0.158. The van der Waals surface area contributed by atoms with Crippen molar-refractivity contribution in [2.24, 2.45) is 10.7 Å². The molecule has 1 atom stereocenters. The number of nitrogens with zero attached hydrogens (tertiary/aromatic N) is 3. The number of primary amides is 1. The largest absolute Gasteiger partial charge is 0.507 e. The van der Waals surface area contributed by atoms with Gasteiger partial charge in [0.05, 0.1) is 18.0 Å². The Morgan fingerprint density at radius 2 is 2.18 bits per heavy atom. The Labute approximate surface area is 157 Å². The zero-order valence-corrected chi connectivity index (χ0v) is 14.7. The van der Waals surface area contributed by atoms with Gasteiger partial charge < -0.3 is 15.3 Å². The van der Waals surface area contributed by atoms with Gasteiger partial charge in [0, 0.05) is 12.5 Å². The molecule has 3 aromatic rings. The maximum atomic E-state index is 13.8. The Bertz CT molecular complexity index is 1190. The molecule has 0 fully saturated rings. The Morgan fingerprint density at radius 3 is 2.86 bits per heavy atom. The Morgan fingerprint density at radius 1 is 1.39 bits per heavy atom. The van der Waals surface area contributed by atoms with E-state index in [-0.39, 0.29) is 40.6 Å². The van der Waals surface area contributed by atoms with Crippen LogP contribution in [-0.2, 0) is 0 Å². The van der Waals surface area contributed by atoms with Crippen molar-refractivity contribution in [3.63, 3.8) is 0 Å². The molecule has 0 unspecified atom stereocenters. The van der Waals surface area contributed by atoms with Crippen LogP contribution in [0.5, 0.6) is 5.75 Å². The van der Waals surface area contributed by atoms with Gasteiger partial charge in [-0.15, -0.1) is 0 Å². The lowest BCUT2D eigenvalue weighted by Crippen LogP contribution is -2.25. The Balaban J connectivity index is 1.94. The summed E-state index contributed by atoms with van der Waals surface area (Å²) in [6.45, 7) is 1.53. The van der Waals surface area contributed by atoms with Gasteiger partial charge in [-0.05, 0) is 24.6 Å². The number of aryl methyl sites for hydroxylation is 1. The summed E-state index contributed by atoms with van der Waals surface area (Å²) in [5, 5.41) is 14.5. The van der Waals surface area contributed by atoms with E-state index >= 15 is 0 Å². The van der Waals surface area contributed by atoms with Crippen molar-refractivity contribution in [2.45, 2.75) is 19.4 Å². The fourth-order valence-corrected chi connectivity index (χ4v) is 3.30. The molecule has 0 saturated carbocycles. The molecule has 1 aliphatic heterocycles. The number of carbonyl (C=O) groups is 1. The first kappa shape index (κ1) is 17.7. The van der Waals surface area contributed by atoms with E-state index < -0.39 is 23.4 Å². The number of aromatic nitrogens is 2. The predicted octanol–water partition coefficient (Wildman–Crippen LogP) is 2.20. The molecular weight excluding hydrogens is 367 g/mol. The van der Waals surface area contributed by atoms with Crippen LogP contribution in [0.25, 0.3) is 0 Å². The minimum Gasteiger partial charge on any atom is -0.507 e. The number of hydrogen-bond acceptors (Lipinski definition) is 6. The molecule has 3 heterocycles. The first-order valence-electron chi connectivity index (χ1n) is 8.39. The summed E-state index contributed by atoms with van der Waals surface area (Å²) < 4.78 is 20.3. The molecule has 4 rings (SSSR count). The number of nitrogens with two attached hydrogens (primary N) is 1. The second-order valence-electron chi connectivity index (χ2n) is 6.43. The number of amides is 1. The van der Waals surface area contributed by atoms with Crippen LogP contribution in [0.4, 0.5) is 10.2 Å². The summed E-state index contributed by atoms with van der Waals surface area (Å²) in [5.74, 6) is -1.11. The van der Waals surface area contributed by atoms with Crippen molar-refractivity contribution >= 4 is 17.4 Å². The lowest BCUT2D eigenvalue weighted by molar-refractivity contribution is 0.100. The van der Waals surface area contributed by atoms with Crippen LogP contribution < -0.4 is 11.4 Å². The molecule has 9 heteroatoms. The van der Waals surface area contributed by atoms with E-state index in [9.17, 15) is 19.1 Å². The number of fused-ring (bicyclic) bond motifs is 1. The Kier molecular flexibility index (Phi) is 4.07. The third-order valence-electron chi connectivity index (χ3n) is 4.53. The van der Waals surface area contributed by atoms with Gasteiger partial charge in [-0.3, -0.25) is 4.79 Å². The smallest absolute Gasteiger partial charge is 0.348 e. The SMILES string of the molecule is Cc1cc(O)c(C2=Nc3c(C(N)=O)cnn3[C@H](c3cccc(F)c3)C2)c(=O)o1. The molecular formula is C19H15FN4O4. The predicted molar refractivity (Wildman–Crippen MR) is 97.5 cm³/mol. The average molecular weight is 382 g/mol. The average Bonchev–Trinajstić information content (AvgIpc) is 3.04. The zero-order chi connectivity index (χ0) is 20.0. The standard InChI is InChI=1S/C19H15FN4O4/c1-9-5-15(25)16(19(27)28-9)13-7-14(10-3-2-4-11(20)6-10)24-18(23-13)12(8-22-24)17(21)26/h2-6,8,14,25H,7H2,1H3,(H2,21,26)/t14-/m0/s1.